The standard InChI is InChI=1S/C34H37N5O.C7H16.C2H6/c1-4-25-7-6-10-29(16-11-22(2)23(25)3)37-34(40)31-20-30(38-32-17-18-36-39(31)32)33(27-14-15-27)35-21-24-12-13-26-8-5-9-28(26)19-24;1-6(2)7(3,4)5;1-2/h4,6-7,12-13,17-20,29,35H,1-2,5,8-11,14-16,21H2,3H3,(H,37,40);6H,1-5H3;1-2H3/b7-6-,25-23-;;. The number of hydrogen-bond acceptors (Lipinski definition) is 4. The molecule has 0 saturated heterocycles. The molecule has 6 heteroatoms. The van der Waals surface area contributed by atoms with E-state index in [9.17, 15) is 4.79 Å². The van der Waals surface area contributed by atoms with Crippen LogP contribution in [0.3, 0.4) is 0 Å². The number of nitrogens with zero attached hydrogens (tertiary/aromatic N) is 3. The Morgan fingerprint density at radius 3 is 2.45 bits per heavy atom. The zero-order valence-electron chi connectivity index (χ0n) is 31.4. The first-order valence-corrected chi connectivity index (χ1v) is 18.3. The number of carbonyl (C=O) groups is 1. The summed E-state index contributed by atoms with van der Waals surface area (Å²) in [6.45, 7) is 26.3. The summed E-state index contributed by atoms with van der Waals surface area (Å²) in [5.41, 5.74) is 12.4. The molecule has 1 aromatic carbocycles. The predicted molar refractivity (Wildman–Crippen MR) is 206 cm³/mol. The van der Waals surface area contributed by atoms with Crippen molar-refractivity contribution in [3.63, 3.8) is 0 Å². The Hall–Kier alpha value is -4.19. The normalized spacial score (nSPS) is 19.3. The maximum absolute atomic E-state index is 13.7. The first kappa shape index (κ1) is 37.6. The number of benzene rings is 1. The van der Waals surface area contributed by atoms with Crippen molar-refractivity contribution in [2.75, 3.05) is 0 Å². The molecular weight excluding hydrogens is 603 g/mol. The molecule has 0 aliphatic heterocycles. The molecule has 6 rings (SSSR count). The molecule has 2 heterocycles. The van der Waals surface area contributed by atoms with Crippen LogP contribution in [0.25, 0.3) is 11.3 Å². The summed E-state index contributed by atoms with van der Waals surface area (Å²) in [5.74, 6) is 0.653. The number of nitrogens with one attached hydrogen (secondary N) is 2. The number of allylic oxidation sites excluding steroid dienone is 6. The third-order valence-corrected chi connectivity index (χ3v) is 10.1. The highest BCUT2D eigenvalue weighted by molar-refractivity contribution is 5.94. The fraction of sp³-hybridized carbons (Fsp3) is 0.465. The highest BCUT2D eigenvalue weighted by Gasteiger charge is 2.24. The van der Waals surface area contributed by atoms with E-state index < -0.39 is 0 Å². The van der Waals surface area contributed by atoms with E-state index in [0.717, 1.165) is 72.7 Å². The van der Waals surface area contributed by atoms with E-state index in [-0.39, 0.29) is 11.9 Å². The van der Waals surface area contributed by atoms with Crippen LogP contribution >= 0.6 is 0 Å². The molecule has 0 bridgehead atoms. The molecule has 1 saturated carbocycles. The Morgan fingerprint density at radius 1 is 1.06 bits per heavy atom. The van der Waals surface area contributed by atoms with E-state index in [1.54, 1.807) is 10.7 Å². The Kier molecular flexibility index (Phi) is 13.0. The first-order chi connectivity index (χ1) is 23.4. The monoisotopic (exact) mass is 661 g/mol. The van der Waals surface area contributed by atoms with Gasteiger partial charge in [0, 0.05) is 18.7 Å². The second-order valence-corrected chi connectivity index (χ2v) is 14.7. The van der Waals surface area contributed by atoms with Crippen LogP contribution in [0.5, 0.6) is 0 Å². The summed E-state index contributed by atoms with van der Waals surface area (Å²) >= 11 is 0. The van der Waals surface area contributed by atoms with Crippen molar-refractivity contribution in [3.8, 4) is 0 Å². The molecule has 2 aromatic heterocycles. The third kappa shape index (κ3) is 9.93. The van der Waals surface area contributed by atoms with Crippen molar-refractivity contribution in [1.82, 2.24) is 25.2 Å². The van der Waals surface area contributed by atoms with Crippen molar-refractivity contribution in [1.29, 1.82) is 0 Å². The Balaban J connectivity index is 0.000000537. The van der Waals surface area contributed by atoms with Gasteiger partial charge < -0.3 is 10.6 Å². The smallest absolute Gasteiger partial charge is 0.270 e. The van der Waals surface area contributed by atoms with Gasteiger partial charge in [0.15, 0.2) is 5.65 Å². The molecule has 3 aromatic rings. The van der Waals surface area contributed by atoms with Crippen molar-refractivity contribution in [3.05, 3.63) is 118 Å². The SMILES string of the molecule is C=CC1=C(\C)C(=C)CCC(NC(=O)c2cc(C(NCc3ccc4c(c3)CCC4)=C3CC3)nc3ccnn23)C/C=C\1.CC.CC(C)C(C)(C)C. The maximum Gasteiger partial charge on any atom is 0.270 e. The van der Waals surface area contributed by atoms with Crippen LogP contribution < -0.4 is 10.6 Å². The zero-order chi connectivity index (χ0) is 35.7. The molecule has 1 fully saturated rings. The maximum atomic E-state index is 13.7. The largest absolute Gasteiger partial charge is 0.379 e. The van der Waals surface area contributed by atoms with Crippen LogP contribution in [0.2, 0.25) is 0 Å². The average molecular weight is 662 g/mol. The lowest BCUT2D eigenvalue weighted by Crippen LogP contribution is -2.36. The van der Waals surface area contributed by atoms with E-state index >= 15 is 0 Å². The Morgan fingerprint density at radius 2 is 1.78 bits per heavy atom. The second-order valence-electron chi connectivity index (χ2n) is 14.7. The van der Waals surface area contributed by atoms with Gasteiger partial charge in [0.05, 0.1) is 17.6 Å². The lowest BCUT2D eigenvalue weighted by atomic mass is 9.84. The minimum Gasteiger partial charge on any atom is -0.379 e. The van der Waals surface area contributed by atoms with Crippen LogP contribution in [0.4, 0.5) is 0 Å². The molecule has 2 N–H and O–H groups in total. The van der Waals surface area contributed by atoms with Crippen molar-refractivity contribution >= 4 is 17.3 Å². The summed E-state index contributed by atoms with van der Waals surface area (Å²) in [6, 6.07) is 10.6. The van der Waals surface area contributed by atoms with Gasteiger partial charge in [0.25, 0.3) is 5.91 Å². The van der Waals surface area contributed by atoms with E-state index in [2.05, 4.69) is 101 Å². The van der Waals surface area contributed by atoms with E-state index in [1.807, 2.05) is 32.1 Å². The van der Waals surface area contributed by atoms with E-state index in [4.69, 9.17) is 4.98 Å². The summed E-state index contributed by atoms with van der Waals surface area (Å²) in [5, 5.41) is 11.4. The molecule has 0 radical (unpaired) electrons. The van der Waals surface area contributed by atoms with Gasteiger partial charge >= 0.3 is 0 Å². The van der Waals surface area contributed by atoms with Crippen molar-refractivity contribution in [2.24, 2.45) is 11.3 Å². The number of fused-ring (bicyclic) bond motifs is 2. The van der Waals surface area contributed by atoms with Crippen LogP contribution in [0.1, 0.15) is 127 Å². The molecule has 0 spiro atoms. The van der Waals surface area contributed by atoms with E-state index in [1.165, 1.54) is 41.5 Å². The number of rotatable bonds is 7. The first-order valence-electron chi connectivity index (χ1n) is 18.3. The van der Waals surface area contributed by atoms with Crippen LogP contribution in [-0.4, -0.2) is 26.5 Å². The van der Waals surface area contributed by atoms with Crippen LogP contribution in [0.15, 0.2) is 90.2 Å². The number of amides is 1. The lowest BCUT2D eigenvalue weighted by Gasteiger charge is -2.22. The van der Waals surface area contributed by atoms with Crippen LogP contribution in [-0.2, 0) is 19.4 Å². The number of hydrogen-bond donors (Lipinski definition) is 2. The molecule has 262 valence electrons. The highest BCUT2D eigenvalue weighted by atomic mass is 16.2. The van der Waals surface area contributed by atoms with E-state index in [0.29, 0.717) is 16.8 Å². The molecule has 1 unspecified atom stereocenters. The molecule has 49 heavy (non-hydrogen) atoms. The minimum absolute atomic E-state index is 0.0149. The Labute approximate surface area is 295 Å². The fourth-order valence-electron chi connectivity index (χ4n) is 5.79. The summed E-state index contributed by atoms with van der Waals surface area (Å²) in [4.78, 5) is 18.6. The van der Waals surface area contributed by atoms with Gasteiger partial charge in [0.2, 0.25) is 0 Å². The molecular formula is C43H59N5O. The van der Waals surface area contributed by atoms with Gasteiger partial charge in [-0.2, -0.15) is 5.10 Å². The average Bonchev–Trinajstić information content (AvgIpc) is 3.59. The van der Waals surface area contributed by atoms with Gasteiger partial charge in [0.1, 0.15) is 5.69 Å². The van der Waals surface area contributed by atoms with Gasteiger partial charge in [-0.1, -0.05) is 104 Å². The highest BCUT2D eigenvalue weighted by Crippen LogP contribution is 2.35. The zero-order valence-corrected chi connectivity index (χ0v) is 31.4. The molecule has 1 atom stereocenters. The fourth-order valence-corrected chi connectivity index (χ4v) is 5.79. The topological polar surface area (TPSA) is 71.3 Å². The van der Waals surface area contributed by atoms with Crippen molar-refractivity contribution < 1.29 is 4.79 Å². The summed E-state index contributed by atoms with van der Waals surface area (Å²) < 4.78 is 1.64. The molecule has 3 aliphatic rings. The molecule has 6 nitrogen and oxygen atoms in total. The number of aryl methyl sites for hydroxylation is 2. The summed E-state index contributed by atoms with van der Waals surface area (Å²) in [6.07, 6.45) is 15.8. The van der Waals surface area contributed by atoms with Gasteiger partial charge in [-0.15, -0.1) is 0 Å². The van der Waals surface area contributed by atoms with Gasteiger partial charge in [-0.3, -0.25) is 4.79 Å². The summed E-state index contributed by atoms with van der Waals surface area (Å²) in [7, 11) is 0. The quantitative estimate of drug-likeness (QED) is 0.264. The number of carbonyl (C=O) groups excluding carboxylic acids is 1. The minimum atomic E-state index is -0.145. The number of aromatic nitrogens is 3. The molecule has 1 amide bonds. The molecule has 3 aliphatic carbocycles. The van der Waals surface area contributed by atoms with Crippen molar-refractivity contribution in [2.45, 2.75) is 119 Å². The lowest BCUT2D eigenvalue weighted by molar-refractivity contribution is 0.0927. The second kappa shape index (κ2) is 17.0. The van der Waals surface area contributed by atoms with Crippen LogP contribution in [0, 0.1) is 11.3 Å². The third-order valence-electron chi connectivity index (χ3n) is 10.1. The Bertz CT molecular complexity index is 1740. The predicted octanol–water partition coefficient (Wildman–Crippen LogP) is 10.1. The van der Waals surface area contributed by atoms with Gasteiger partial charge in [-0.25, -0.2) is 9.50 Å². The van der Waals surface area contributed by atoms with Gasteiger partial charge in [-0.05, 0) is 109 Å².